The van der Waals surface area contributed by atoms with Crippen LogP contribution in [-0.2, 0) is 10.5 Å². The van der Waals surface area contributed by atoms with Crippen LogP contribution in [0.15, 0.2) is 70.3 Å². The fourth-order valence-corrected chi connectivity index (χ4v) is 5.40. The average molecular weight is 535 g/mol. The smallest absolute Gasteiger partial charge is 0.286 e. The summed E-state index contributed by atoms with van der Waals surface area (Å²) < 4.78 is 5.67. The molecule has 2 aromatic carbocycles. The van der Waals surface area contributed by atoms with Gasteiger partial charge in [0.2, 0.25) is 11.7 Å². The molecule has 38 heavy (non-hydrogen) atoms. The molecule has 1 atom stereocenters. The van der Waals surface area contributed by atoms with Crippen molar-refractivity contribution in [1.82, 2.24) is 20.8 Å². The van der Waals surface area contributed by atoms with Crippen LogP contribution in [0.3, 0.4) is 0 Å². The van der Waals surface area contributed by atoms with Crippen molar-refractivity contribution in [1.29, 1.82) is 0 Å². The molecule has 9 heteroatoms. The standard InChI is InChI=1S/C29H34N4O4S/c1-20(2)18-23(24(34)26-32-33-28(37-26)38-19-21-12-6-3-7-13-21)30-27(36)29(16-10-5-11-17-29)31-25(35)22-14-8-4-9-15-22/h3-4,6-9,12-15,20,23H,5,10-11,16-19H2,1-2H3,(H,30,36)(H,31,35)/t23-/m0/s1. The molecule has 2 amide bonds. The molecule has 0 spiro atoms. The Balaban J connectivity index is 1.48. The Morgan fingerprint density at radius 3 is 2.26 bits per heavy atom. The fraction of sp³-hybridized carbons (Fsp3) is 0.414. The molecule has 0 bridgehead atoms. The van der Waals surface area contributed by atoms with Gasteiger partial charge >= 0.3 is 0 Å². The largest absolute Gasteiger partial charge is 0.408 e. The second-order valence-corrected chi connectivity index (χ2v) is 11.1. The molecule has 1 aliphatic rings. The molecule has 3 aromatic rings. The monoisotopic (exact) mass is 534 g/mol. The molecule has 1 heterocycles. The van der Waals surface area contributed by atoms with Crippen LogP contribution in [-0.4, -0.2) is 39.4 Å². The minimum Gasteiger partial charge on any atom is -0.408 e. The van der Waals surface area contributed by atoms with Crippen LogP contribution in [0.25, 0.3) is 0 Å². The van der Waals surface area contributed by atoms with Crippen molar-refractivity contribution >= 4 is 29.4 Å². The lowest BCUT2D eigenvalue weighted by molar-refractivity contribution is -0.129. The van der Waals surface area contributed by atoms with Gasteiger partial charge in [-0.05, 0) is 42.9 Å². The summed E-state index contributed by atoms with van der Waals surface area (Å²) in [5, 5.41) is 14.2. The first-order chi connectivity index (χ1) is 18.4. The van der Waals surface area contributed by atoms with E-state index in [4.69, 9.17) is 4.42 Å². The molecular formula is C29H34N4O4S. The van der Waals surface area contributed by atoms with Gasteiger partial charge in [-0.1, -0.05) is 93.4 Å². The summed E-state index contributed by atoms with van der Waals surface area (Å²) >= 11 is 1.35. The molecule has 8 nitrogen and oxygen atoms in total. The van der Waals surface area contributed by atoms with E-state index in [-0.39, 0.29) is 23.6 Å². The number of Topliss-reactive ketones (excluding diaryl/α,β-unsaturated/α-hetero) is 1. The van der Waals surface area contributed by atoms with Gasteiger partial charge in [0.15, 0.2) is 0 Å². The Morgan fingerprint density at radius 1 is 0.947 bits per heavy atom. The average Bonchev–Trinajstić information content (AvgIpc) is 3.41. The van der Waals surface area contributed by atoms with Gasteiger partial charge in [-0.25, -0.2) is 0 Å². The summed E-state index contributed by atoms with van der Waals surface area (Å²) in [4.78, 5) is 40.2. The van der Waals surface area contributed by atoms with Gasteiger partial charge in [-0.2, -0.15) is 0 Å². The zero-order valence-electron chi connectivity index (χ0n) is 21.8. The van der Waals surface area contributed by atoms with Crippen LogP contribution in [0.2, 0.25) is 0 Å². The zero-order chi connectivity index (χ0) is 27.0. The van der Waals surface area contributed by atoms with E-state index in [1.165, 1.54) is 11.8 Å². The topological polar surface area (TPSA) is 114 Å². The fourth-order valence-electron chi connectivity index (χ4n) is 4.68. The van der Waals surface area contributed by atoms with Crippen molar-refractivity contribution < 1.29 is 18.8 Å². The normalized spacial score (nSPS) is 15.6. The van der Waals surface area contributed by atoms with Crippen LogP contribution < -0.4 is 10.6 Å². The predicted octanol–water partition coefficient (Wildman–Crippen LogP) is 5.21. The highest BCUT2D eigenvalue weighted by molar-refractivity contribution is 7.98. The molecule has 1 aromatic heterocycles. The molecule has 2 N–H and O–H groups in total. The maximum Gasteiger partial charge on any atom is 0.286 e. The number of carbonyl (C=O) groups is 3. The SMILES string of the molecule is CC(C)C[C@H](NC(=O)C1(NC(=O)c2ccccc2)CCCCC1)C(=O)c1nnc(SCc2ccccc2)o1. The van der Waals surface area contributed by atoms with Gasteiger partial charge in [0.25, 0.3) is 17.0 Å². The van der Waals surface area contributed by atoms with Gasteiger partial charge in [-0.3, -0.25) is 14.4 Å². The van der Waals surface area contributed by atoms with E-state index < -0.39 is 17.4 Å². The molecule has 0 unspecified atom stereocenters. The molecule has 1 fully saturated rings. The minimum absolute atomic E-state index is 0.125. The van der Waals surface area contributed by atoms with Crippen molar-refractivity contribution in [3.8, 4) is 0 Å². The summed E-state index contributed by atoms with van der Waals surface area (Å²) in [6.07, 6.45) is 4.06. The molecule has 0 radical (unpaired) electrons. The van der Waals surface area contributed by atoms with Gasteiger partial charge < -0.3 is 15.1 Å². The summed E-state index contributed by atoms with van der Waals surface area (Å²) in [6, 6.07) is 17.9. The number of nitrogens with one attached hydrogen (secondary N) is 2. The van der Waals surface area contributed by atoms with Gasteiger partial charge in [0.05, 0.1) is 6.04 Å². The third-order valence-corrected chi connectivity index (χ3v) is 7.57. The first-order valence-corrected chi connectivity index (χ1v) is 14.1. The number of nitrogens with zero attached hydrogens (tertiary/aromatic N) is 2. The lowest BCUT2D eigenvalue weighted by Gasteiger charge is -2.37. The quantitative estimate of drug-likeness (QED) is 0.256. The molecule has 1 aliphatic carbocycles. The Kier molecular flexibility index (Phi) is 9.33. The van der Waals surface area contributed by atoms with E-state index >= 15 is 0 Å². The van der Waals surface area contributed by atoms with E-state index in [1.807, 2.05) is 50.2 Å². The number of rotatable bonds is 11. The molecular weight excluding hydrogens is 500 g/mol. The predicted molar refractivity (Wildman–Crippen MR) is 146 cm³/mol. The van der Waals surface area contributed by atoms with E-state index in [2.05, 4.69) is 20.8 Å². The van der Waals surface area contributed by atoms with Crippen LogP contribution in [0.5, 0.6) is 0 Å². The zero-order valence-corrected chi connectivity index (χ0v) is 22.6. The van der Waals surface area contributed by atoms with E-state index in [9.17, 15) is 14.4 Å². The highest BCUT2D eigenvalue weighted by Gasteiger charge is 2.43. The third kappa shape index (κ3) is 7.10. The van der Waals surface area contributed by atoms with Crippen molar-refractivity contribution in [2.75, 3.05) is 0 Å². The number of ketones is 1. The number of hydrogen-bond donors (Lipinski definition) is 2. The lowest BCUT2D eigenvalue weighted by atomic mass is 9.80. The Morgan fingerprint density at radius 2 is 1.61 bits per heavy atom. The minimum atomic E-state index is -1.08. The molecule has 0 aliphatic heterocycles. The van der Waals surface area contributed by atoms with Crippen molar-refractivity contribution in [2.45, 2.75) is 74.9 Å². The molecule has 4 rings (SSSR count). The number of thioether (sulfide) groups is 1. The summed E-state index contributed by atoms with van der Waals surface area (Å²) in [5.74, 6) is -0.443. The number of aromatic nitrogens is 2. The Bertz CT molecular complexity index is 1220. The van der Waals surface area contributed by atoms with E-state index in [0.29, 0.717) is 35.8 Å². The van der Waals surface area contributed by atoms with Gasteiger partial charge in [0.1, 0.15) is 5.54 Å². The van der Waals surface area contributed by atoms with Gasteiger partial charge in [0, 0.05) is 11.3 Å². The maximum atomic E-state index is 13.7. The molecule has 0 saturated heterocycles. The first kappa shape index (κ1) is 27.6. The Labute approximate surface area is 227 Å². The van der Waals surface area contributed by atoms with Crippen LogP contribution in [0.1, 0.15) is 79.0 Å². The maximum absolute atomic E-state index is 13.7. The number of carbonyl (C=O) groups excluding carboxylic acids is 3. The number of amides is 2. The lowest BCUT2D eigenvalue weighted by Crippen LogP contribution is -2.62. The summed E-state index contributed by atoms with van der Waals surface area (Å²) in [5.41, 5.74) is 0.516. The second-order valence-electron chi connectivity index (χ2n) is 10.1. The van der Waals surface area contributed by atoms with Crippen LogP contribution in [0.4, 0.5) is 0 Å². The summed E-state index contributed by atoms with van der Waals surface area (Å²) in [6.45, 7) is 3.96. The third-order valence-electron chi connectivity index (χ3n) is 6.68. The summed E-state index contributed by atoms with van der Waals surface area (Å²) in [7, 11) is 0. The van der Waals surface area contributed by atoms with Crippen LogP contribution >= 0.6 is 11.8 Å². The first-order valence-electron chi connectivity index (χ1n) is 13.1. The highest BCUT2D eigenvalue weighted by atomic mass is 32.2. The highest BCUT2D eigenvalue weighted by Crippen LogP contribution is 2.30. The van der Waals surface area contributed by atoms with Crippen molar-refractivity contribution in [3.05, 3.63) is 77.7 Å². The van der Waals surface area contributed by atoms with Crippen LogP contribution in [0, 0.1) is 5.92 Å². The number of hydrogen-bond acceptors (Lipinski definition) is 7. The molecule has 1 saturated carbocycles. The second kappa shape index (κ2) is 12.9. The van der Waals surface area contributed by atoms with E-state index in [0.717, 1.165) is 24.8 Å². The molecule has 200 valence electrons. The van der Waals surface area contributed by atoms with Gasteiger partial charge in [-0.15, -0.1) is 10.2 Å². The number of benzene rings is 2. The van der Waals surface area contributed by atoms with Crippen molar-refractivity contribution in [3.63, 3.8) is 0 Å². The van der Waals surface area contributed by atoms with Crippen molar-refractivity contribution in [2.24, 2.45) is 5.92 Å². The van der Waals surface area contributed by atoms with E-state index in [1.54, 1.807) is 24.3 Å². The Hall–Kier alpha value is -3.46.